The van der Waals surface area contributed by atoms with Gasteiger partial charge in [-0.25, -0.2) is 0 Å². The van der Waals surface area contributed by atoms with Crippen molar-refractivity contribution in [3.8, 4) is 11.1 Å². The van der Waals surface area contributed by atoms with Gasteiger partial charge in [-0.05, 0) is 35.7 Å². The van der Waals surface area contributed by atoms with Gasteiger partial charge in [0.2, 0.25) is 0 Å². The Kier molecular flexibility index (Phi) is 4.19. The highest BCUT2D eigenvalue weighted by Crippen LogP contribution is 2.21. The zero-order valence-corrected chi connectivity index (χ0v) is 13.1. The maximum Gasteiger partial charge on any atom is 0.254 e. The first-order chi connectivity index (χ1) is 11.1. The molecule has 3 rings (SSSR count). The molecule has 23 heavy (non-hydrogen) atoms. The number of benzene rings is 1. The fourth-order valence-corrected chi connectivity index (χ4v) is 2.41. The largest absolute Gasteiger partial charge is 0.345 e. The van der Waals surface area contributed by atoms with Crippen molar-refractivity contribution in [3.05, 3.63) is 72.3 Å². The van der Waals surface area contributed by atoms with E-state index in [0.29, 0.717) is 5.56 Å². The summed E-state index contributed by atoms with van der Waals surface area (Å²) < 4.78 is 1.61. The van der Waals surface area contributed by atoms with E-state index in [9.17, 15) is 4.79 Å². The molecular weight excluding hydrogens is 288 g/mol. The number of aryl methyl sites for hydroxylation is 1. The average Bonchev–Trinajstić information content (AvgIpc) is 3.02. The summed E-state index contributed by atoms with van der Waals surface area (Å²) in [6.07, 6.45) is 6.82. The molecule has 0 saturated carbocycles. The van der Waals surface area contributed by atoms with Gasteiger partial charge >= 0.3 is 0 Å². The zero-order valence-electron chi connectivity index (χ0n) is 13.1. The van der Waals surface area contributed by atoms with E-state index in [1.54, 1.807) is 36.5 Å². The van der Waals surface area contributed by atoms with Gasteiger partial charge in [-0.3, -0.25) is 14.5 Å². The lowest BCUT2D eigenvalue weighted by atomic mass is 10.0. The Hall–Kier alpha value is -2.95. The Morgan fingerprint density at radius 1 is 1.09 bits per heavy atom. The van der Waals surface area contributed by atoms with Crippen molar-refractivity contribution in [2.24, 2.45) is 7.05 Å². The first-order valence-electron chi connectivity index (χ1n) is 7.43. The predicted octanol–water partition coefficient (Wildman–Crippen LogP) is 2.97. The zero-order chi connectivity index (χ0) is 16.2. The van der Waals surface area contributed by atoms with E-state index in [1.165, 1.54) is 0 Å². The lowest BCUT2D eigenvalue weighted by Gasteiger charge is -2.14. The van der Waals surface area contributed by atoms with Crippen molar-refractivity contribution in [2.75, 3.05) is 0 Å². The molecule has 0 aliphatic heterocycles. The summed E-state index contributed by atoms with van der Waals surface area (Å²) in [4.78, 5) is 16.2. The normalized spacial score (nSPS) is 11.9. The number of amides is 1. The van der Waals surface area contributed by atoms with Crippen LogP contribution in [-0.4, -0.2) is 20.7 Å². The molecular formula is C18H18N4O. The van der Waals surface area contributed by atoms with E-state index < -0.39 is 0 Å². The third kappa shape index (κ3) is 3.45. The summed E-state index contributed by atoms with van der Waals surface area (Å²) in [6, 6.07) is 12.0. The summed E-state index contributed by atoms with van der Waals surface area (Å²) >= 11 is 0. The minimum atomic E-state index is -0.121. The molecule has 5 heteroatoms. The number of hydrogen-bond acceptors (Lipinski definition) is 3. The number of pyridine rings is 1. The third-order valence-corrected chi connectivity index (χ3v) is 3.74. The average molecular weight is 306 g/mol. The van der Waals surface area contributed by atoms with Crippen LogP contribution in [0.4, 0.5) is 0 Å². The van der Waals surface area contributed by atoms with Gasteiger partial charge < -0.3 is 5.32 Å². The van der Waals surface area contributed by atoms with Crippen LogP contribution in [0.15, 0.2) is 61.2 Å². The number of aromatic nitrogens is 3. The molecule has 0 fully saturated rings. The second-order valence-corrected chi connectivity index (χ2v) is 5.46. The Morgan fingerprint density at radius 2 is 1.74 bits per heavy atom. The molecule has 0 bridgehead atoms. The molecule has 2 heterocycles. The summed E-state index contributed by atoms with van der Waals surface area (Å²) in [5.41, 5.74) is 3.87. The topological polar surface area (TPSA) is 59.8 Å². The molecule has 0 saturated heterocycles. The monoisotopic (exact) mass is 306 g/mol. The van der Waals surface area contributed by atoms with Crippen LogP contribution in [-0.2, 0) is 7.05 Å². The van der Waals surface area contributed by atoms with Gasteiger partial charge in [-0.2, -0.15) is 5.10 Å². The molecule has 3 aromatic rings. The summed E-state index contributed by atoms with van der Waals surface area (Å²) in [6.45, 7) is 1.97. The standard InChI is InChI=1S/C18H18N4O/c1-13(21-18(23)17-11-20-22(2)12-17)14-3-5-15(6-4-14)16-7-9-19-10-8-16/h3-13H,1-2H3,(H,21,23)/t13-/m1/s1. The van der Waals surface area contributed by atoms with Crippen molar-refractivity contribution in [1.29, 1.82) is 0 Å². The van der Waals surface area contributed by atoms with Gasteiger partial charge in [0.15, 0.2) is 0 Å². The number of carbonyl (C=O) groups is 1. The van der Waals surface area contributed by atoms with Crippen LogP contribution in [0.3, 0.4) is 0 Å². The van der Waals surface area contributed by atoms with E-state index in [-0.39, 0.29) is 11.9 Å². The van der Waals surface area contributed by atoms with E-state index in [0.717, 1.165) is 16.7 Å². The van der Waals surface area contributed by atoms with Crippen LogP contribution in [0.5, 0.6) is 0 Å². The maximum absolute atomic E-state index is 12.2. The summed E-state index contributed by atoms with van der Waals surface area (Å²) in [5.74, 6) is -0.121. The molecule has 0 radical (unpaired) electrons. The number of hydrogen-bond donors (Lipinski definition) is 1. The summed E-state index contributed by atoms with van der Waals surface area (Å²) in [7, 11) is 1.79. The lowest BCUT2D eigenvalue weighted by Crippen LogP contribution is -2.26. The Labute approximate surface area is 135 Å². The van der Waals surface area contributed by atoms with Crippen LogP contribution < -0.4 is 5.32 Å². The van der Waals surface area contributed by atoms with Crippen molar-refractivity contribution < 1.29 is 4.79 Å². The number of carbonyl (C=O) groups excluding carboxylic acids is 1. The van der Waals surface area contributed by atoms with Crippen LogP contribution in [0.2, 0.25) is 0 Å². The third-order valence-electron chi connectivity index (χ3n) is 3.74. The van der Waals surface area contributed by atoms with Gasteiger partial charge in [0.1, 0.15) is 0 Å². The second kappa shape index (κ2) is 6.44. The Bertz CT molecular complexity index is 793. The smallest absolute Gasteiger partial charge is 0.254 e. The molecule has 116 valence electrons. The number of nitrogens with one attached hydrogen (secondary N) is 1. The highest BCUT2D eigenvalue weighted by molar-refractivity contribution is 5.93. The van der Waals surface area contributed by atoms with Crippen LogP contribution in [0.25, 0.3) is 11.1 Å². The Balaban J connectivity index is 1.70. The van der Waals surface area contributed by atoms with Gasteiger partial charge in [0, 0.05) is 25.6 Å². The van der Waals surface area contributed by atoms with E-state index >= 15 is 0 Å². The predicted molar refractivity (Wildman–Crippen MR) is 88.8 cm³/mol. The Morgan fingerprint density at radius 3 is 2.35 bits per heavy atom. The van der Waals surface area contributed by atoms with Crippen LogP contribution in [0.1, 0.15) is 28.9 Å². The summed E-state index contributed by atoms with van der Waals surface area (Å²) in [5, 5.41) is 7.00. The maximum atomic E-state index is 12.2. The molecule has 0 aliphatic carbocycles. The molecule has 0 spiro atoms. The molecule has 1 atom stereocenters. The molecule has 2 aromatic heterocycles. The fraction of sp³-hybridized carbons (Fsp3) is 0.167. The number of nitrogens with zero attached hydrogens (tertiary/aromatic N) is 3. The van der Waals surface area contributed by atoms with Crippen molar-refractivity contribution >= 4 is 5.91 Å². The molecule has 0 unspecified atom stereocenters. The van der Waals surface area contributed by atoms with Gasteiger partial charge in [0.05, 0.1) is 17.8 Å². The molecule has 0 aliphatic rings. The van der Waals surface area contributed by atoms with Gasteiger partial charge in [-0.1, -0.05) is 24.3 Å². The first kappa shape index (κ1) is 15.0. The quantitative estimate of drug-likeness (QED) is 0.806. The van der Waals surface area contributed by atoms with E-state index in [1.807, 2.05) is 31.2 Å². The molecule has 1 aromatic carbocycles. The van der Waals surface area contributed by atoms with E-state index in [2.05, 4.69) is 27.5 Å². The van der Waals surface area contributed by atoms with Crippen molar-refractivity contribution in [2.45, 2.75) is 13.0 Å². The van der Waals surface area contributed by atoms with Gasteiger partial charge in [0.25, 0.3) is 5.91 Å². The fourth-order valence-electron chi connectivity index (χ4n) is 2.41. The van der Waals surface area contributed by atoms with Crippen LogP contribution in [0, 0.1) is 0 Å². The molecule has 1 N–H and O–H groups in total. The van der Waals surface area contributed by atoms with Crippen molar-refractivity contribution in [1.82, 2.24) is 20.1 Å². The minimum Gasteiger partial charge on any atom is -0.345 e. The molecule has 1 amide bonds. The number of rotatable bonds is 4. The van der Waals surface area contributed by atoms with Crippen molar-refractivity contribution in [3.63, 3.8) is 0 Å². The van der Waals surface area contributed by atoms with Crippen LogP contribution >= 0.6 is 0 Å². The van der Waals surface area contributed by atoms with Gasteiger partial charge in [-0.15, -0.1) is 0 Å². The first-order valence-corrected chi connectivity index (χ1v) is 7.43. The molecule has 5 nitrogen and oxygen atoms in total. The lowest BCUT2D eigenvalue weighted by molar-refractivity contribution is 0.0940. The SMILES string of the molecule is C[C@@H](NC(=O)c1cnn(C)c1)c1ccc(-c2ccncc2)cc1. The highest BCUT2D eigenvalue weighted by Gasteiger charge is 2.12. The second-order valence-electron chi connectivity index (χ2n) is 5.46. The highest BCUT2D eigenvalue weighted by atomic mass is 16.1. The minimum absolute atomic E-state index is 0.0748. The van der Waals surface area contributed by atoms with E-state index in [4.69, 9.17) is 0 Å².